The predicted molar refractivity (Wildman–Crippen MR) is 75.1 cm³/mol. The molecule has 0 aliphatic carbocycles. The summed E-state index contributed by atoms with van der Waals surface area (Å²) in [5.74, 6) is 0.722. The number of aliphatic imine (C=N–C) groups is 1. The second-order valence-electron chi connectivity index (χ2n) is 4.41. The van der Waals surface area contributed by atoms with Crippen LogP contribution in [0, 0.1) is 3.57 Å². The van der Waals surface area contributed by atoms with E-state index >= 15 is 0 Å². The van der Waals surface area contributed by atoms with E-state index in [4.69, 9.17) is 0 Å². The molecule has 0 radical (unpaired) electrons. The number of hydrogen-bond acceptors (Lipinski definition) is 2. The molecule has 0 aliphatic heterocycles. The first kappa shape index (κ1) is 13.4. The summed E-state index contributed by atoms with van der Waals surface area (Å²) in [6, 6.07) is 4.14. The van der Waals surface area contributed by atoms with Crippen molar-refractivity contribution in [3.05, 3.63) is 26.8 Å². The summed E-state index contributed by atoms with van der Waals surface area (Å²) in [6.45, 7) is 8.45. The normalized spacial score (nSPS) is 10.7. The standard InChI is InChI=1S/C13H16INO/c1-8(2)10-5-6-11(14)12(9(3)4)13(10)15-7-16/h5-6,8-9H,1-4H3. The molecule has 1 aromatic rings. The zero-order valence-electron chi connectivity index (χ0n) is 10.0. The van der Waals surface area contributed by atoms with Crippen molar-refractivity contribution in [2.24, 2.45) is 4.99 Å². The summed E-state index contributed by atoms with van der Waals surface area (Å²) in [7, 11) is 0. The van der Waals surface area contributed by atoms with Gasteiger partial charge in [0, 0.05) is 3.57 Å². The van der Waals surface area contributed by atoms with Crippen LogP contribution >= 0.6 is 22.6 Å². The average Bonchev–Trinajstić information content (AvgIpc) is 2.17. The first-order valence-corrected chi connectivity index (χ1v) is 6.47. The third kappa shape index (κ3) is 2.71. The van der Waals surface area contributed by atoms with Gasteiger partial charge in [0.15, 0.2) is 0 Å². The highest BCUT2D eigenvalue weighted by Crippen LogP contribution is 2.37. The Morgan fingerprint density at radius 2 is 1.81 bits per heavy atom. The molecule has 0 saturated carbocycles. The van der Waals surface area contributed by atoms with Gasteiger partial charge in [-0.1, -0.05) is 33.8 Å². The molecule has 0 amide bonds. The van der Waals surface area contributed by atoms with Crippen molar-refractivity contribution in [1.82, 2.24) is 0 Å². The van der Waals surface area contributed by atoms with E-state index in [0.29, 0.717) is 11.8 Å². The molecule has 0 aromatic heterocycles. The fourth-order valence-corrected chi connectivity index (χ4v) is 2.84. The monoisotopic (exact) mass is 329 g/mol. The van der Waals surface area contributed by atoms with Crippen LogP contribution in [0.1, 0.15) is 50.7 Å². The number of isocyanates is 1. The molecule has 0 aliphatic rings. The van der Waals surface area contributed by atoms with Crippen LogP contribution in [0.4, 0.5) is 5.69 Å². The summed E-state index contributed by atoms with van der Waals surface area (Å²) >= 11 is 2.29. The van der Waals surface area contributed by atoms with Gasteiger partial charge in [-0.25, -0.2) is 4.79 Å². The topological polar surface area (TPSA) is 29.4 Å². The van der Waals surface area contributed by atoms with E-state index in [0.717, 1.165) is 20.4 Å². The van der Waals surface area contributed by atoms with E-state index in [1.165, 1.54) is 0 Å². The van der Waals surface area contributed by atoms with Gasteiger partial charge in [-0.3, -0.25) is 0 Å². The first-order valence-electron chi connectivity index (χ1n) is 5.39. The van der Waals surface area contributed by atoms with Crippen molar-refractivity contribution in [2.45, 2.75) is 39.5 Å². The minimum absolute atomic E-state index is 0.359. The molecule has 1 aromatic carbocycles. The number of halogens is 1. The summed E-state index contributed by atoms with van der Waals surface area (Å²) < 4.78 is 1.16. The second kappa shape index (κ2) is 5.60. The van der Waals surface area contributed by atoms with Crippen molar-refractivity contribution >= 4 is 34.4 Å². The zero-order chi connectivity index (χ0) is 12.3. The van der Waals surface area contributed by atoms with Crippen LogP contribution in [0.5, 0.6) is 0 Å². The van der Waals surface area contributed by atoms with Crippen molar-refractivity contribution < 1.29 is 4.79 Å². The summed E-state index contributed by atoms with van der Waals surface area (Å²) in [5.41, 5.74) is 3.08. The van der Waals surface area contributed by atoms with Crippen LogP contribution < -0.4 is 0 Å². The maximum Gasteiger partial charge on any atom is 0.240 e. The van der Waals surface area contributed by atoms with Gasteiger partial charge in [0.1, 0.15) is 0 Å². The van der Waals surface area contributed by atoms with Gasteiger partial charge in [-0.15, -0.1) is 0 Å². The first-order chi connectivity index (χ1) is 7.49. The lowest BCUT2D eigenvalue weighted by Crippen LogP contribution is -1.98. The van der Waals surface area contributed by atoms with Crippen LogP contribution in [0.2, 0.25) is 0 Å². The Balaban J connectivity index is 3.56. The molecular weight excluding hydrogens is 313 g/mol. The van der Waals surface area contributed by atoms with Crippen LogP contribution in [0.15, 0.2) is 17.1 Å². The summed E-state index contributed by atoms with van der Waals surface area (Å²) in [4.78, 5) is 14.4. The molecule has 3 heteroatoms. The maximum atomic E-state index is 10.5. The molecule has 1 rings (SSSR count). The highest BCUT2D eigenvalue weighted by molar-refractivity contribution is 14.1. The Labute approximate surface area is 110 Å². The highest BCUT2D eigenvalue weighted by Gasteiger charge is 2.16. The quantitative estimate of drug-likeness (QED) is 0.456. The molecule has 0 bridgehead atoms. The van der Waals surface area contributed by atoms with Gasteiger partial charge in [-0.2, -0.15) is 4.99 Å². The molecule has 0 fully saturated rings. The van der Waals surface area contributed by atoms with E-state index in [1.54, 1.807) is 6.08 Å². The molecule has 0 unspecified atom stereocenters. The Hall–Kier alpha value is -0.670. The summed E-state index contributed by atoms with van der Waals surface area (Å²) in [5, 5.41) is 0. The number of rotatable bonds is 3. The lowest BCUT2D eigenvalue weighted by Gasteiger charge is -2.17. The lowest BCUT2D eigenvalue weighted by atomic mass is 9.93. The molecule has 0 N–H and O–H groups in total. The maximum absolute atomic E-state index is 10.5. The Morgan fingerprint density at radius 1 is 1.19 bits per heavy atom. The van der Waals surface area contributed by atoms with Gasteiger partial charge < -0.3 is 0 Å². The average molecular weight is 329 g/mol. The molecule has 0 spiro atoms. The number of benzene rings is 1. The zero-order valence-corrected chi connectivity index (χ0v) is 12.2. The molecule has 2 nitrogen and oxygen atoms in total. The number of nitrogens with zero attached hydrogens (tertiary/aromatic N) is 1. The van der Waals surface area contributed by atoms with Gasteiger partial charge in [0.05, 0.1) is 5.69 Å². The fourth-order valence-electron chi connectivity index (χ4n) is 1.79. The van der Waals surface area contributed by atoms with Crippen molar-refractivity contribution in [2.75, 3.05) is 0 Å². The molecular formula is C13H16INO. The summed E-state index contributed by atoms with van der Waals surface area (Å²) in [6.07, 6.45) is 1.67. The Bertz CT molecular complexity index is 432. The van der Waals surface area contributed by atoms with E-state index in [2.05, 4.69) is 67.4 Å². The third-order valence-corrected chi connectivity index (χ3v) is 3.49. The Morgan fingerprint density at radius 3 is 2.25 bits per heavy atom. The second-order valence-corrected chi connectivity index (χ2v) is 5.57. The van der Waals surface area contributed by atoms with Gasteiger partial charge in [0.2, 0.25) is 6.08 Å². The van der Waals surface area contributed by atoms with E-state index in [1.807, 2.05) is 0 Å². The minimum Gasteiger partial charge on any atom is -0.211 e. The van der Waals surface area contributed by atoms with Crippen LogP contribution in [-0.2, 0) is 4.79 Å². The smallest absolute Gasteiger partial charge is 0.211 e. The van der Waals surface area contributed by atoms with Crippen LogP contribution in [-0.4, -0.2) is 6.08 Å². The molecule has 0 saturated heterocycles. The van der Waals surface area contributed by atoms with Crippen molar-refractivity contribution in [3.63, 3.8) is 0 Å². The SMILES string of the molecule is CC(C)c1ccc(I)c(C(C)C)c1N=C=O. The molecule has 0 heterocycles. The van der Waals surface area contributed by atoms with Crippen LogP contribution in [0.25, 0.3) is 0 Å². The van der Waals surface area contributed by atoms with Gasteiger partial charge in [0.25, 0.3) is 0 Å². The van der Waals surface area contributed by atoms with Crippen LogP contribution in [0.3, 0.4) is 0 Å². The highest BCUT2D eigenvalue weighted by atomic mass is 127. The third-order valence-electron chi connectivity index (χ3n) is 2.55. The Kier molecular flexibility index (Phi) is 4.69. The van der Waals surface area contributed by atoms with Crippen molar-refractivity contribution in [1.29, 1.82) is 0 Å². The predicted octanol–water partition coefficient (Wildman–Crippen LogP) is 4.51. The van der Waals surface area contributed by atoms with Crippen molar-refractivity contribution in [3.8, 4) is 0 Å². The lowest BCUT2D eigenvalue weighted by molar-refractivity contribution is 0.565. The fraction of sp³-hybridized carbons (Fsp3) is 0.462. The van der Waals surface area contributed by atoms with E-state index < -0.39 is 0 Å². The minimum atomic E-state index is 0.359. The number of carbonyl (C=O) groups excluding carboxylic acids is 1. The molecule has 16 heavy (non-hydrogen) atoms. The molecule has 0 atom stereocenters. The van der Waals surface area contributed by atoms with Gasteiger partial charge in [-0.05, 0) is 51.6 Å². The van der Waals surface area contributed by atoms with Gasteiger partial charge >= 0.3 is 0 Å². The van der Waals surface area contributed by atoms with E-state index in [9.17, 15) is 4.79 Å². The largest absolute Gasteiger partial charge is 0.240 e. The molecule has 86 valence electrons. The number of hydrogen-bond donors (Lipinski definition) is 0. The van der Waals surface area contributed by atoms with E-state index in [-0.39, 0.29) is 0 Å².